The lowest BCUT2D eigenvalue weighted by atomic mass is 9.74. The highest BCUT2D eigenvalue weighted by atomic mass is 35.5. The van der Waals surface area contributed by atoms with Crippen LogP contribution in [0.5, 0.6) is 0 Å². The van der Waals surface area contributed by atoms with Gasteiger partial charge in [0, 0.05) is 33.6 Å². The number of carbonyl (C=O) groups is 1. The number of aryl methyl sites for hydroxylation is 1. The van der Waals surface area contributed by atoms with Crippen molar-refractivity contribution in [2.24, 2.45) is 0 Å². The first-order chi connectivity index (χ1) is 19.1. The molecule has 0 aliphatic rings. The van der Waals surface area contributed by atoms with Gasteiger partial charge in [0.2, 0.25) is 5.60 Å². The van der Waals surface area contributed by atoms with Gasteiger partial charge in [-0.25, -0.2) is 9.18 Å². The summed E-state index contributed by atoms with van der Waals surface area (Å²) in [5.74, 6) is 3.39. The van der Waals surface area contributed by atoms with E-state index in [1.165, 1.54) is 36.4 Å². The van der Waals surface area contributed by atoms with Gasteiger partial charge in [0.25, 0.3) is 5.91 Å². The van der Waals surface area contributed by atoms with Crippen LogP contribution in [0.25, 0.3) is 10.8 Å². The molecule has 0 saturated heterocycles. The molecule has 4 aromatic rings. The van der Waals surface area contributed by atoms with E-state index in [1.54, 1.807) is 20.8 Å². The normalized spacial score (nSPS) is 13.3. The monoisotopic (exact) mass is 586 g/mol. The number of nitrogens with one attached hydrogen (secondary N) is 1. The summed E-state index contributed by atoms with van der Waals surface area (Å²) in [4.78, 5) is 25.6. The molecule has 6 nitrogen and oxygen atoms in total. The average Bonchev–Trinajstić information content (AvgIpc) is 2.89. The van der Waals surface area contributed by atoms with E-state index in [1.807, 2.05) is 0 Å². The summed E-state index contributed by atoms with van der Waals surface area (Å²) in [5, 5.41) is 18.6. The van der Waals surface area contributed by atoms with E-state index in [0.29, 0.717) is 11.1 Å². The number of anilines is 1. The molecule has 41 heavy (non-hydrogen) atoms. The smallest absolute Gasteiger partial charge is 0.369 e. The number of halogens is 5. The van der Waals surface area contributed by atoms with Crippen molar-refractivity contribution >= 4 is 34.0 Å². The van der Waals surface area contributed by atoms with Crippen molar-refractivity contribution in [3.05, 3.63) is 104 Å². The van der Waals surface area contributed by atoms with Crippen LogP contribution in [0.2, 0.25) is 5.02 Å². The second-order valence-corrected chi connectivity index (χ2v) is 10.5. The molecule has 4 rings (SSSR count). The van der Waals surface area contributed by atoms with Crippen LogP contribution in [0, 0.1) is 24.6 Å². The number of amides is 1. The molecule has 0 bridgehead atoms. The second-order valence-electron chi connectivity index (χ2n) is 10.1. The van der Waals surface area contributed by atoms with Crippen LogP contribution in [0.3, 0.4) is 0 Å². The highest BCUT2D eigenvalue weighted by Gasteiger charge is 2.42. The van der Waals surface area contributed by atoms with Crippen LogP contribution in [0.1, 0.15) is 42.7 Å². The van der Waals surface area contributed by atoms with Crippen LogP contribution in [-0.4, -0.2) is 21.8 Å². The Bertz CT molecular complexity index is 1740. The third-order valence-electron chi connectivity index (χ3n) is 6.49. The van der Waals surface area contributed by atoms with E-state index in [2.05, 4.69) is 22.3 Å². The number of fused-ring (bicyclic) bond motifs is 1. The van der Waals surface area contributed by atoms with Crippen molar-refractivity contribution in [2.45, 2.75) is 44.4 Å². The van der Waals surface area contributed by atoms with Gasteiger partial charge in [-0.3, -0.25) is 4.79 Å². The van der Waals surface area contributed by atoms with Gasteiger partial charge in [-0.2, -0.15) is 13.2 Å². The number of aliphatic hydroxyl groups is 1. The molecule has 1 heterocycles. The van der Waals surface area contributed by atoms with E-state index < -0.39 is 46.5 Å². The Kier molecular flexibility index (Phi) is 7.98. The number of nitrogens with zero attached hydrogens (tertiary/aromatic N) is 1. The SMILES string of the molecule is Cc1noc(=O)c2ccc(NC(=O)C(O)(C#Cc3ccc(C(F)(F)F)cc3)CC(C)(C)c3c(F)cccc3Cl)cc12. The maximum atomic E-state index is 14.8. The van der Waals surface area contributed by atoms with Crippen LogP contribution in [-0.2, 0) is 16.4 Å². The minimum Gasteiger partial charge on any atom is -0.369 e. The fourth-order valence-electron chi connectivity index (χ4n) is 4.51. The first-order valence-corrected chi connectivity index (χ1v) is 12.6. The van der Waals surface area contributed by atoms with Gasteiger partial charge in [0.1, 0.15) is 5.82 Å². The zero-order valence-corrected chi connectivity index (χ0v) is 22.7. The van der Waals surface area contributed by atoms with Gasteiger partial charge in [-0.05, 0) is 66.9 Å². The minimum absolute atomic E-state index is 0.0448. The average molecular weight is 587 g/mol. The first-order valence-electron chi connectivity index (χ1n) is 12.2. The van der Waals surface area contributed by atoms with Crippen molar-refractivity contribution in [3.63, 3.8) is 0 Å². The maximum absolute atomic E-state index is 14.8. The number of alkyl halides is 3. The van der Waals surface area contributed by atoms with E-state index in [-0.39, 0.29) is 27.2 Å². The van der Waals surface area contributed by atoms with Crippen LogP contribution >= 0.6 is 11.6 Å². The summed E-state index contributed by atoms with van der Waals surface area (Å²) in [6, 6.07) is 12.2. The molecule has 1 atom stereocenters. The molecule has 0 aliphatic carbocycles. The van der Waals surface area contributed by atoms with Crippen molar-refractivity contribution in [3.8, 4) is 11.8 Å². The number of hydrogen-bond donors (Lipinski definition) is 2. The Balaban J connectivity index is 1.75. The lowest BCUT2D eigenvalue weighted by Gasteiger charge is -2.33. The Morgan fingerprint density at radius 3 is 2.39 bits per heavy atom. The largest absolute Gasteiger partial charge is 0.416 e. The van der Waals surface area contributed by atoms with Crippen LogP contribution < -0.4 is 10.9 Å². The van der Waals surface area contributed by atoms with E-state index in [0.717, 1.165) is 24.3 Å². The molecule has 1 unspecified atom stereocenters. The first kappa shape index (κ1) is 29.8. The molecular weight excluding hydrogens is 564 g/mol. The fraction of sp³-hybridized carbons (Fsp3) is 0.233. The topological polar surface area (TPSA) is 92.4 Å². The summed E-state index contributed by atoms with van der Waals surface area (Å²) in [6.07, 6.45) is -5.00. The summed E-state index contributed by atoms with van der Waals surface area (Å²) in [5.41, 5.74) is -4.57. The summed E-state index contributed by atoms with van der Waals surface area (Å²) in [6.45, 7) is 4.74. The van der Waals surface area contributed by atoms with Crippen molar-refractivity contribution in [2.75, 3.05) is 5.32 Å². The van der Waals surface area contributed by atoms with Gasteiger partial charge in [-0.1, -0.05) is 48.5 Å². The third-order valence-corrected chi connectivity index (χ3v) is 6.81. The highest BCUT2D eigenvalue weighted by Crippen LogP contribution is 2.38. The standard InChI is InChI=1S/C30H23ClF4N2O4/c1-17-22-15-20(11-12-21(22)26(38)41-37-17)36-27(39)29(40,14-13-18-7-9-19(10-8-18)30(33,34)35)16-28(2,3)25-23(31)5-4-6-24(25)32/h4-12,15,40H,16H2,1-3H3,(H,36,39). The van der Waals surface area contributed by atoms with Gasteiger partial charge in [-0.15, -0.1) is 0 Å². The second kappa shape index (κ2) is 11.0. The molecule has 0 spiro atoms. The Morgan fingerprint density at radius 1 is 1.07 bits per heavy atom. The maximum Gasteiger partial charge on any atom is 0.416 e. The predicted molar refractivity (Wildman–Crippen MR) is 146 cm³/mol. The molecule has 2 N–H and O–H groups in total. The fourth-order valence-corrected chi connectivity index (χ4v) is 4.93. The van der Waals surface area contributed by atoms with Gasteiger partial charge < -0.3 is 14.9 Å². The molecule has 212 valence electrons. The molecule has 0 saturated carbocycles. The number of aromatic nitrogens is 1. The lowest BCUT2D eigenvalue weighted by Crippen LogP contribution is -2.46. The molecule has 0 aliphatic heterocycles. The third kappa shape index (κ3) is 6.42. The zero-order valence-electron chi connectivity index (χ0n) is 22.0. The zero-order chi connectivity index (χ0) is 30.2. The van der Waals surface area contributed by atoms with Crippen LogP contribution in [0.15, 0.2) is 70.0 Å². The highest BCUT2D eigenvalue weighted by molar-refractivity contribution is 6.31. The number of carbonyl (C=O) groups excluding carboxylic acids is 1. The van der Waals surface area contributed by atoms with Crippen molar-refractivity contribution < 1.29 is 32.0 Å². The quantitative estimate of drug-likeness (QED) is 0.209. The van der Waals surface area contributed by atoms with Crippen LogP contribution in [0.4, 0.5) is 23.2 Å². The molecule has 0 radical (unpaired) electrons. The molecule has 0 fully saturated rings. The Hall–Kier alpha value is -4.20. The summed E-state index contributed by atoms with van der Waals surface area (Å²) >= 11 is 6.27. The number of hydrogen-bond acceptors (Lipinski definition) is 5. The molecular formula is C30H23ClF4N2O4. The number of rotatable bonds is 5. The molecule has 3 aromatic carbocycles. The van der Waals surface area contributed by atoms with Crippen molar-refractivity contribution in [1.82, 2.24) is 5.16 Å². The minimum atomic E-state index is -4.55. The lowest BCUT2D eigenvalue weighted by molar-refractivity contribution is -0.137. The van der Waals surface area contributed by atoms with Gasteiger partial charge in [0.15, 0.2) is 0 Å². The summed E-state index contributed by atoms with van der Waals surface area (Å²) in [7, 11) is 0. The predicted octanol–water partition coefficient (Wildman–Crippen LogP) is 6.40. The molecule has 1 amide bonds. The molecule has 11 heteroatoms. The van der Waals surface area contributed by atoms with E-state index >= 15 is 0 Å². The summed E-state index contributed by atoms with van der Waals surface area (Å²) < 4.78 is 58.4. The molecule has 1 aromatic heterocycles. The van der Waals surface area contributed by atoms with Gasteiger partial charge >= 0.3 is 11.8 Å². The van der Waals surface area contributed by atoms with Crippen molar-refractivity contribution in [1.29, 1.82) is 0 Å². The Labute approximate surface area is 236 Å². The Morgan fingerprint density at radius 2 is 1.76 bits per heavy atom. The van der Waals surface area contributed by atoms with E-state index in [4.69, 9.17) is 16.1 Å². The number of benzene rings is 3. The van der Waals surface area contributed by atoms with E-state index in [9.17, 15) is 32.3 Å². The van der Waals surface area contributed by atoms with Gasteiger partial charge in [0.05, 0.1) is 16.6 Å².